The van der Waals surface area contributed by atoms with E-state index < -0.39 is 35.1 Å². The third-order valence-corrected chi connectivity index (χ3v) is 9.39. The number of hydrazine groups is 1. The highest BCUT2D eigenvalue weighted by Crippen LogP contribution is 2.21. The second-order valence-corrected chi connectivity index (χ2v) is 15.3. The van der Waals surface area contributed by atoms with Crippen molar-refractivity contribution in [3.63, 3.8) is 0 Å². The third kappa shape index (κ3) is 10.4. The van der Waals surface area contributed by atoms with Crippen LogP contribution < -0.4 is 15.5 Å². The van der Waals surface area contributed by atoms with Crippen LogP contribution in [0.5, 0.6) is 0 Å². The summed E-state index contributed by atoms with van der Waals surface area (Å²) in [7, 11) is 0.105. The Bertz CT molecular complexity index is 1420. The fourth-order valence-corrected chi connectivity index (χ4v) is 5.69. The lowest BCUT2D eigenvalue weighted by Gasteiger charge is -2.34. The van der Waals surface area contributed by atoms with Crippen LogP contribution in [0.15, 0.2) is 36.4 Å². The molecule has 254 valence electrons. The molecule has 1 fully saturated rings. The fourth-order valence-electron chi connectivity index (χ4n) is 4.90. The van der Waals surface area contributed by atoms with Crippen molar-refractivity contribution in [2.45, 2.75) is 97.2 Å². The molecular weight excluding hydrogens is 606 g/mol. The second-order valence-electron chi connectivity index (χ2n) is 13.3. The van der Waals surface area contributed by atoms with Gasteiger partial charge in [-0.15, -0.1) is 0 Å². The lowest BCUT2D eigenvalue weighted by molar-refractivity contribution is -0.151. The van der Waals surface area contributed by atoms with Gasteiger partial charge < -0.3 is 14.8 Å². The molecule has 0 spiro atoms. The summed E-state index contributed by atoms with van der Waals surface area (Å²) in [6.45, 7) is 15.9. The SMILES string of the molecule is COC(=O)C1CCCN(C(=O)C(C)NC(=O)C(OCC(C)C=Cc2ccc3ccc(C(C)NS(=O)C(C)(C)C)nc3c2)C(C)C)N1. The number of nitrogens with zero attached hydrogens (tertiary/aromatic N) is 2. The van der Waals surface area contributed by atoms with Crippen LogP contribution >= 0.6 is 0 Å². The van der Waals surface area contributed by atoms with E-state index in [4.69, 9.17) is 14.5 Å². The number of carbonyl (C=O) groups excluding carboxylic acids is 3. The van der Waals surface area contributed by atoms with Crippen LogP contribution in [0, 0.1) is 11.8 Å². The number of carbonyl (C=O) groups is 3. The van der Waals surface area contributed by atoms with E-state index in [2.05, 4.69) is 15.5 Å². The number of esters is 1. The first-order chi connectivity index (χ1) is 21.6. The molecule has 3 rings (SSSR count). The van der Waals surface area contributed by atoms with Crippen LogP contribution in [0.4, 0.5) is 0 Å². The van der Waals surface area contributed by atoms with Gasteiger partial charge in [-0.25, -0.2) is 14.4 Å². The van der Waals surface area contributed by atoms with Gasteiger partial charge in [0.05, 0.1) is 46.7 Å². The molecule has 2 amide bonds. The number of hydrogen-bond donors (Lipinski definition) is 3. The number of rotatable bonds is 13. The van der Waals surface area contributed by atoms with Gasteiger partial charge in [0.25, 0.3) is 5.91 Å². The van der Waals surface area contributed by atoms with E-state index >= 15 is 0 Å². The number of hydrogen-bond acceptors (Lipinski definition) is 8. The minimum atomic E-state index is -1.21. The van der Waals surface area contributed by atoms with Crippen LogP contribution in [-0.2, 0) is 34.8 Å². The molecule has 12 heteroatoms. The number of aromatic nitrogens is 1. The quantitative estimate of drug-likeness (QED) is 0.273. The lowest BCUT2D eigenvalue weighted by atomic mass is 10.0. The zero-order chi connectivity index (χ0) is 34.2. The van der Waals surface area contributed by atoms with Gasteiger partial charge >= 0.3 is 5.97 Å². The van der Waals surface area contributed by atoms with Crippen molar-refractivity contribution < 1.29 is 28.1 Å². The molecule has 1 aliphatic rings. The van der Waals surface area contributed by atoms with Crippen molar-refractivity contribution in [3.05, 3.63) is 47.7 Å². The molecule has 0 aliphatic carbocycles. The second kappa shape index (κ2) is 16.6. The molecule has 2 heterocycles. The molecule has 6 unspecified atom stereocenters. The van der Waals surface area contributed by atoms with Gasteiger partial charge in [0, 0.05) is 11.9 Å². The Hall–Kier alpha value is -3.19. The van der Waals surface area contributed by atoms with Crippen molar-refractivity contribution in [1.82, 2.24) is 25.5 Å². The molecule has 2 aromatic rings. The zero-order valence-corrected chi connectivity index (χ0v) is 29.4. The first-order valence-corrected chi connectivity index (χ1v) is 17.1. The first-order valence-electron chi connectivity index (χ1n) is 15.9. The summed E-state index contributed by atoms with van der Waals surface area (Å²) in [5, 5.41) is 5.18. The van der Waals surface area contributed by atoms with Crippen molar-refractivity contribution in [2.75, 3.05) is 20.3 Å². The van der Waals surface area contributed by atoms with Crippen LogP contribution in [-0.4, -0.2) is 75.2 Å². The van der Waals surface area contributed by atoms with Crippen molar-refractivity contribution in [1.29, 1.82) is 0 Å². The molecule has 0 radical (unpaired) electrons. The van der Waals surface area contributed by atoms with E-state index in [1.54, 1.807) is 6.92 Å². The molecular formula is C34H51N5O6S. The highest BCUT2D eigenvalue weighted by atomic mass is 32.2. The van der Waals surface area contributed by atoms with Gasteiger partial charge in [0.15, 0.2) is 0 Å². The third-order valence-electron chi connectivity index (χ3n) is 7.71. The van der Waals surface area contributed by atoms with Crippen molar-refractivity contribution >= 4 is 45.7 Å². The van der Waals surface area contributed by atoms with Crippen molar-refractivity contribution in [3.8, 4) is 0 Å². The molecule has 46 heavy (non-hydrogen) atoms. The van der Waals surface area contributed by atoms with Gasteiger partial charge in [-0.3, -0.25) is 24.4 Å². The molecule has 0 saturated carbocycles. The van der Waals surface area contributed by atoms with Crippen LogP contribution in [0.25, 0.3) is 17.0 Å². The van der Waals surface area contributed by atoms with E-state index in [0.717, 1.165) is 22.2 Å². The average Bonchev–Trinajstić information content (AvgIpc) is 3.01. The summed E-state index contributed by atoms with van der Waals surface area (Å²) in [4.78, 5) is 42.9. The summed E-state index contributed by atoms with van der Waals surface area (Å²) < 4.78 is 26.2. The Morgan fingerprint density at radius 1 is 1.13 bits per heavy atom. The summed E-state index contributed by atoms with van der Waals surface area (Å²) in [5.74, 6) is -1.23. The first kappa shape index (κ1) is 37.3. The standard InChI is InChI=1S/C34H51N5O6S/c1-21(2)30(31(40)35-24(5)32(41)39-18-10-11-28(37-39)33(42)44-9)45-20-22(3)12-13-25-14-15-26-16-17-27(36-29(26)19-25)23(4)38-46(43)34(6,7)8/h12-17,19,21-24,28,30,37-38H,10-11,18,20H2,1-9H3,(H,35,40). The lowest BCUT2D eigenvalue weighted by Crippen LogP contribution is -2.60. The summed E-state index contributed by atoms with van der Waals surface area (Å²) in [6, 6.07) is 8.47. The average molecular weight is 658 g/mol. The smallest absolute Gasteiger partial charge is 0.324 e. The molecule has 1 aromatic carbocycles. The predicted octanol–water partition coefficient (Wildman–Crippen LogP) is 4.21. The van der Waals surface area contributed by atoms with Gasteiger partial charge in [0.2, 0.25) is 5.91 Å². The van der Waals surface area contributed by atoms with Crippen molar-refractivity contribution in [2.24, 2.45) is 11.8 Å². The number of fused-ring (bicyclic) bond motifs is 1. The Balaban J connectivity index is 1.57. The Labute approximate surface area is 275 Å². The maximum absolute atomic E-state index is 13.2. The predicted molar refractivity (Wildman–Crippen MR) is 181 cm³/mol. The molecule has 3 N–H and O–H groups in total. The van der Waals surface area contributed by atoms with E-state index in [1.807, 2.05) is 91.0 Å². The fraction of sp³-hybridized carbons (Fsp3) is 0.588. The zero-order valence-electron chi connectivity index (χ0n) is 28.6. The number of amides is 2. The summed E-state index contributed by atoms with van der Waals surface area (Å²) in [6.07, 6.45) is 4.52. The highest BCUT2D eigenvalue weighted by molar-refractivity contribution is 7.84. The molecule has 11 nitrogen and oxygen atoms in total. The largest absolute Gasteiger partial charge is 0.468 e. The number of methoxy groups -OCH3 is 1. The van der Waals surface area contributed by atoms with E-state index in [1.165, 1.54) is 12.1 Å². The number of nitrogens with one attached hydrogen (secondary N) is 3. The van der Waals surface area contributed by atoms with Gasteiger partial charge in [0.1, 0.15) is 18.2 Å². The van der Waals surface area contributed by atoms with Gasteiger partial charge in [-0.2, -0.15) is 0 Å². The molecule has 1 aromatic heterocycles. The monoisotopic (exact) mass is 657 g/mol. The topological polar surface area (TPSA) is 139 Å². The van der Waals surface area contributed by atoms with Crippen LogP contribution in [0.2, 0.25) is 0 Å². The van der Waals surface area contributed by atoms with E-state index in [0.29, 0.717) is 26.0 Å². The number of pyridine rings is 1. The molecule has 0 bridgehead atoms. The van der Waals surface area contributed by atoms with Crippen LogP contribution in [0.1, 0.15) is 85.5 Å². The van der Waals surface area contributed by atoms with Crippen LogP contribution in [0.3, 0.4) is 0 Å². The normalized spacial score (nSPS) is 19.1. The highest BCUT2D eigenvalue weighted by Gasteiger charge is 2.33. The Morgan fingerprint density at radius 3 is 2.48 bits per heavy atom. The molecule has 6 atom stereocenters. The van der Waals surface area contributed by atoms with Gasteiger partial charge in [-0.05, 0) is 77.0 Å². The molecule has 1 saturated heterocycles. The number of benzene rings is 1. The minimum absolute atomic E-state index is 0.00694. The molecule has 1 aliphatic heterocycles. The Kier molecular flexibility index (Phi) is 13.4. The van der Waals surface area contributed by atoms with E-state index in [9.17, 15) is 18.6 Å². The Morgan fingerprint density at radius 2 is 1.83 bits per heavy atom. The maximum atomic E-state index is 13.2. The maximum Gasteiger partial charge on any atom is 0.324 e. The van der Waals surface area contributed by atoms with Gasteiger partial charge in [-0.1, -0.05) is 51.1 Å². The van der Waals surface area contributed by atoms with E-state index in [-0.39, 0.29) is 34.4 Å². The summed E-state index contributed by atoms with van der Waals surface area (Å²) >= 11 is 0. The minimum Gasteiger partial charge on any atom is -0.468 e. The number of ether oxygens (including phenoxy) is 2. The summed E-state index contributed by atoms with van der Waals surface area (Å²) in [5.41, 5.74) is 5.55.